The molecule has 100 valence electrons. The molecular weight excluding hydrogens is 232 g/mol. The molecule has 1 aromatic rings. The van der Waals surface area contributed by atoms with Gasteiger partial charge >= 0.3 is 5.97 Å². The second-order valence-electron chi connectivity index (χ2n) is 4.02. The van der Waals surface area contributed by atoms with Gasteiger partial charge in [0.2, 0.25) is 5.95 Å². The smallest absolute Gasteiger partial charge is 0.304 e. The van der Waals surface area contributed by atoms with Gasteiger partial charge in [0, 0.05) is 37.6 Å². The molecule has 1 rings (SSSR count). The number of carboxylic acid groups (broad SMARTS) is 1. The van der Waals surface area contributed by atoms with E-state index in [2.05, 4.69) is 27.5 Å². The lowest BCUT2D eigenvalue weighted by molar-refractivity contribution is -0.136. The Hall–Kier alpha value is -1.69. The van der Waals surface area contributed by atoms with Crippen LogP contribution in [0.2, 0.25) is 0 Å². The van der Waals surface area contributed by atoms with E-state index < -0.39 is 5.97 Å². The van der Waals surface area contributed by atoms with Gasteiger partial charge in [-0.2, -0.15) is 0 Å². The average molecular weight is 252 g/mol. The van der Waals surface area contributed by atoms with Crippen LogP contribution in [0.5, 0.6) is 0 Å². The van der Waals surface area contributed by atoms with Gasteiger partial charge < -0.3 is 15.7 Å². The molecule has 0 aliphatic carbocycles. The zero-order valence-corrected chi connectivity index (χ0v) is 10.6. The van der Waals surface area contributed by atoms with Crippen molar-refractivity contribution in [2.45, 2.75) is 32.7 Å². The summed E-state index contributed by atoms with van der Waals surface area (Å²) in [5.74, 6) is -0.160. The van der Waals surface area contributed by atoms with Gasteiger partial charge in [0.15, 0.2) is 0 Å². The van der Waals surface area contributed by atoms with E-state index in [-0.39, 0.29) is 6.42 Å². The minimum atomic E-state index is -0.797. The molecule has 0 aliphatic rings. The van der Waals surface area contributed by atoms with Crippen molar-refractivity contribution in [3.63, 3.8) is 0 Å². The van der Waals surface area contributed by atoms with Crippen molar-refractivity contribution < 1.29 is 9.90 Å². The number of nitrogens with one attached hydrogen (secondary N) is 2. The third kappa shape index (κ3) is 6.15. The molecule has 0 fully saturated rings. The summed E-state index contributed by atoms with van der Waals surface area (Å²) in [6.07, 6.45) is 5.85. The number of aromatic nitrogens is 2. The molecule has 0 saturated heterocycles. The van der Waals surface area contributed by atoms with Crippen molar-refractivity contribution >= 4 is 11.9 Å². The van der Waals surface area contributed by atoms with E-state index in [0.29, 0.717) is 19.0 Å². The summed E-state index contributed by atoms with van der Waals surface area (Å²) >= 11 is 0. The fraction of sp³-hybridized carbons (Fsp3) is 0.583. The molecule has 0 unspecified atom stereocenters. The molecule has 0 amide bonds. The molecule has 1 heterocycles. The maximum Gasteiger partial charge on any atom is 0.304 e. The van der Waals surface area contributed by atoms with Gasteiger partial charge in [0.1, 0.15) is 0 Å². The molecule has 0 atom stereocenters. The topological polar surface area (TPSA) is 87.1 Å². The molecule has 1 aromatic heterocycles. The van der Waals surface area contributed by atoms with Crippen molar-refractivity contribution in [2.75, 3.05) is 18.4 Å². The highest BCUT2D eigenvalue weighted by molar-refractivity contribution is 5.66. The molecule has 0 bridgehead atoms. The third-order valence-electron chi connectivity index (χ3n) is 2.36. The van der Waals surface area contributed by atoms with Crippen LogP contribution in [-0.2, 0) is 11.3 Å². The Balaban J connectivity index is 2.25. The predicted octanol–water partition coefficient (Wildman–Crippen LogP) is 1.25. The number of hydrogen-bond donors (Lipinski definition) is 3. The first-order chi connectivity index (χ1) is 8.72. The number of carbonyl (C=O) groups is 1. The van der Waals surface area contributed by atoms with Gasteiger partial charge in [0.25, 0.3) is 0 Å². The molecule has 0 aromatic carbocycles. The first-order valence-corrected chi connectivity index (χ1v) is 6.19. The van der Waals surface area contributed by atoms with E-state index in [1.54, 1.807) is 12.4 Å². The van der Waals surface area contributed by atoms with Crippen LogP contribution in [0.25, 0.3) is 0 Å². The number of anilines is 1. The fourth-order valence-corrected chi connectivity index (χ4v) is 1.34. The molecule has 6 heteroatoms. The summed E-state index contributed by atoms with van der Waals surface area (Å²) < 4.78 is 0. The Morgan fingerprint density at radius 2 is 2.06 bits per heavy atom. The molecule has 0 saturated carbocycles. The minimum Gasteiger partial charge on any atom is -0.481 e. The summed E-state index contributed by atoms with van der Waals surface area (Å²) in [4.78, 5) is 18.7. The van der Waals surface area contributed by atoms with Gasteiger partial charge in [-0.05, 0) is 6.42 Å². The van der Waals surface area contributed by atoms with Crippen molar-refractivity contribution in [2.24, 2.45) is 0 Å². The second kappa shape index (κ2) is 8.41. The van der Waals surface area contributed by atoms with Crippen LogP contribution >= 0.6 is 0 Å². The maximum atomic E-state index is 10.3. The summed E-state index contributed by atoms with van der Waals surface area (Å²) in [6, 6.07) is 0. The van der Waals surface area contributed by atoms with Crippen LogP contribution in [0.15, 0.2) is 12.4 Å². The standard InChI is InChI=1S/C12H20N4O2/c1-2-3-5-14-12-15-8-10(9-16-12)7-13-6-4-11(17)18/h8-9,13H,2-7H2,1H3,(H,17,18)(H,14,15,16). The number of nitrogens with zero attached hydrogens (tertiary/aromatic N) is 2. The number of aliphatic carboxylic acids is 1. The number of hydrogen-bond acceptors (Lipinski definition) is 5. The van der Waals surface area contributed by atoms with Crippen LogP contribution in [0, 0.1) is 0 Å². The highest BCUT2D eigenvalue weighted by Gasteiger charge is 1.99. The summed E-state index contributed by atoms with van der Waals surface area (Å²) in [5, 5.41) is 14.6. The molecular formula is C12H20N4O2. The first-order valence-electron chi connectivity index (χ1n) is 6.19. The molecule has 18 heavy (non-hydrogen) atoms. The monoisotopic (exact) mass is 252 g/mol. The molecule has 3 N–H and O–H groups in total. The lowest BCUT2D eigenvalue weighted by Crippen LogP contribution is -2.18. The molecule has 0 aliphatic heterocycles. The van der Waals surface area contributed by atoms with E-state index in [1.165, 1.54) is 0 Å². The minimum absolute atomic E-state index is 0.123. The number of unbranched alkanes of at least 4 members (excludes halogenated alkanes) is 1. The zero-order chi connectivity index (χ0) is 13.2. The normalized spacial score (nSPS) is 10.3. The van der Waals surface area contributed by atoms with Crippen LogP contribution in [0.4, 0.5) is 5.95 Å². The van der Waals surface area contributed by atoms with Gasteiger partial charge in [-0.25, -0.2) is 9.97 Å². The largest absolute Gasteiger partial charge is 0.481 e. The highest BCUT2D eigenvalue weighted by Crippen LogP contribution is 2.00. The predicted molar refractivity (Wildman–Crippen MR) is 69.4 cm³/mol. The van der Waals surface area contributed by atoms with Crippen molar-refractivity contribution in [3.8, 4) is 0 Å². The Morgan fingerprint density at radius 3 is 2.67 bits per heavy atom. The van der Waals surface area contributed by atoms with Gasteiger partial charge in [-0.3, -0.25) is 4.79 Å². The Kier molecular flexibility index (Phi) is 6.71. The summed E-state index contributed by atoms with van der Waals surface area (Å²) in [6.45, 7) is 4.05. The lowest BCUT2D eigenvalue weighted by Gasteiger charge is -2.05. The molecule has 6 nitrogen and oxygen atoms in total. The third-order valence-corrected chi connectivity index (χ3v) is 2.36. The van der Waals surface area contributed by atoms with Crippen LogP contribution in [0.3, 0.4) is 0 Å². The van der Waals surface area contributed by atoms with Crippen molar-refractivity contribution in [1.82, 2.24) is 15.3 Å². The lowest BCUT2D eigenvalue weighted by atomic mass is 10.3. The van der Waals surface area contributed by atoms with Gasteiger partial charge in [0.05, 0.1) is 6.42 Å². The van der Waals surface area contributed by atoms with Crippen LogP contribution in [0.1, 0.15) is 31.7 Å². The maximum absolute atomic E-state index is 10.3. The van der Waals surface area contributed by atoms with E-state index in [4.69, 9.17) is 5.11 Å². The molecule has 0 spiro atoms. The van der Waals surface area contributed by atoms with E-state index in [9.17, 15) is 4.79 Å². The first kappa shape index (κ1) is 14.4. The van der Waals surface area contributed by atoms with E-state index in [0.717, 1.165) is 24.9 Å². The van der Waals surface area contributed by atoms with Gasteiger partial charge in [-0.1, -0.05) is 13.3 Å². The Morgan fingerprint density at radius 1 is 1.33 bits per heavy atom. The Labute approximate surface area is 107 Å². The highest BCUT2D eigenvalue weighted by atomic mass is 16.4. The van der Waals surface area contributed by atoms with E-state index >= 15 is 0 Å². The van der Waals surface area contributed by atoms with Crippen LogP contribution < -0.4 is 10.6 Å². The number of carboxylic acids is 1. The Bertz CT molecular complexity index is 354. The van der Waals surface area contributed by atoms with E-state index in [1.807, 2.05) is 0 Å². The fourth-order valence-electron chi connectivity index (χ4n) is 1.34. The SMILES string of the molecule is CCCCNc1ncc(CNCCC(=O)O)cn1. The van der Waals surface area contributed by atoms with Crippen molar-refractivity contribution in [3.05, 3.63) is 18.0 Å². The summed E-state index contributed by atoms with van der Waals surface area (Å²) in [5.41, 5.74) is 0.946. The zero-order valence-electron chi connectivity index (χ0n) is 10.6. The number of rotatable bonds is 9. The van der Waals surface area contributed by atoms with Crippen LogP contribution in [-0.4, -0.2) is 34.1 Å². The van der Waals surface area contributed by atoms with Gasteiger partial charge in [-0.15, -0.1) is 0 Å². The average Bonchev–Trinajstić information content (AvgIpc) is 2.36. The van der Waals surface area contributed by atoms with Crippen molar-refractivity contribution in [1.29, 1.82) is 0 Å². The summed E-state index contributed by atoms with van der Waals surface area (Å²) in [7, 11) is 0. The molecule has 0 radical (unpaired) electrons. The second-order valence-corrected chi connectivity index (χ2v) is 4.02. The quantitative estimate of drug-likeness (QED) is 0.573.